The van der Waals surface area contributed by atoms with Crippen LogP contribution in [0.1, 0.15) is 51.9 Å². The van der Waals surface area contributed by atoms with Crippen LogP contribution in [-0.4, -0.2) is 35.9 Å². The first kappa shape index (κ1) is 17.5. The molecule has 4 bridgehead atoms. The molecule has 0 radical (unpaired) electrons. The van der Waals surface area contributed by atoms with E-state index in [0.29, 0.717) is 24.8 Å². The Hall–Kier alpha value is -1.30. The lowest BCUT2D eigenvalue weighted by molar-refractivity contribution is -0.171. The van der Waals surface area contributed by atoms with E-state index in [-0.39, 0.29) is 10.8 Å². The zero-order chi connectivity index (χ0) is 17.4. The first-order chi connectivity index (χ1) is 11.3. The fourth-order valence-corrected chi connectivity index (χ4v) is 5.81. The molecule has 2 atom stereocenters. The highest BCUT2D eigenvalue weighted by atomic mass is 35.5. The number of rotatable bonds is 5. The van der Waals surface area contributed by atoms with Crippen molar-refractivity contribution in [3.8, 4) is 0 Å². The van der Waals surface area contributed by atoms with Gasteiger partial charge >= 0.3 is 12.0 Å². The minimum Gasteiger partial charge on any atom is -0.455 e. The smallest absolute Gasteiger partial charge is 0.321 e. The van der Waals surface area contributed by atoms with Crippen molar-refractivity contribution in [2.45, 2.75) is 56.7 Å². The van der Waals surface area contributed by atoms with E-state index >= 15 is 0 Å². The van der Waals surface area contributed by atoms with Crippen molar-refractivity contribution in [3.05, 3.63) is 0 Å². The van der Waals surface area contributed by atoms with Gasteiger partial charge < -0.3 is 10.1 Å². The van der Waals surface area contributed by atoms with Gasteiger partial charge in [0.1, 0.15) is 0 Å². The summed E-state index contributed by atoms with van der Waals surface area (Å²) in [5.74, 6) is 0.0444. The number of ether oxygens (including phenoxy) is 1. The number of halogens is 1. The highest BCUT2D eigenvalue weighted by Crippen LogP contribution is 2.64. The zero-order valence-electron chi connectivity index (χ0n) is 14.0. The molecule has 0 aromatic rings. The van der Waals surface area contributed by atoms with Gasteiger partial charge in [0.15, 0.2) is 6.61 Å². The number of hydrogen-bond donors (Lipinski definition) is 2. The Morgan fingerprint density at radius 1 is 1.17 bits per heavy atom. The molecule has 2 N–H and O–H groups in total. The van der Waals surface area contributed by atoms with Gasteiger partial charge in [-0.05, 0) is 56.8 Å². The molecule has 4 saturated carbocycles. The molecule has 4 rings (SSSR count). The van der Waals surface area contributed by atoms with Crippen LogP contribution in [0.3, 0.4) is 0 Å². The quantitative estimate of drug-likeness (QED) is 0.585. The predicted molar refractivity (Wildman–Crippen MR) is 88.5 cm³/mol. The largest absolute Gasteiger partial charge is 0.455 e. The van der Waals surface area contributed by atoms with Crippen LogP contribution in [0.15, 0.2) is 0 Å². The van der Waals surface area contributed by atoms with Crippen LogP contribution in [-0.2, 0) is 14.3 Å². The number of carbonyl (C=O) groups excluding carboxylic acids is 3. The third-order valence-corrected chi connectivity index (χ3v) is 5.99. The summed E-state index contributed by atoms with van der Waals surface area (Å²) < 4.78 is 5.25. The summed E-state index contributed by atoms with van der Waals surface area (Å²) >= 11 is 6.70. The Kier molecular flexibility index (Phi) is 4.78. The summed E-state index contributed by atoms with van der Waals surface area (Å²) in [4.78, 5) is 35.5. The number of hydrogen-bond acceptors (Lipinski definition) is 4. The number of amides is 3. The molecule has 6 nitrogen and oxygen atoms in total. The van der Waals surface area contributed by atoms with E-state index in [2.05, 4.69) is 10.6 Å². The molecule has 0 spiro atoms. The van der Waals surface area contributed by atoms with E-state index < -0.39 is 24.0 Å². The van der Waals surface area contributed by atoms with Crippen LogP contribution < -0.4 is 10.6 Å². The Bertz CT molecular complexity index is 537. The number of esters is 1. The van der Waals surface area contributed by atoms with Gasteiger partial charge in [0.25, 0.3) is 5.91 Å². The molecular formula is C17H25ClN2O4. The first-order valence-electron chi connectivity index (χ1n) is 8.78. The molecule has 0 aromatic heterocycles. The molecule has 4 aliphatic carbocycles. The maximum absolute atomic E-state index is 12.6. The standard InChI is InChI=1S/C17H25ClN2O4/c1-2-3-19-15(23)20-13(21)9-24-14(22)16-5-11-4-12(6-16)8-17(18,7-11)10-16/h11-12H,2-10H2,1H3,(H2,19,20,21,23)/t11-,12-,16?,17?/m0/s1. The molecule has 4 aliphatic rings. The second kappa shape index (κ2) is 6.54. The summed E-state index contributed by atoms with van der Waals surface area (Å²) in [5, 5.41) is 4.69. The van der Waals surface area contributed by atoms with Crippen molar-refractivity contribution < 1.29 is 19.1 Å². The minimum absolute atomic E-state index is 0.272. The molecule has 24 heavy (non-hydrogen) atoms. The average molecular weight is 357 g/mol. The van der Waals surface area contributed by atoms with Crippen LogP contribution in [0.25, 0.3) is 0 Å². The summed E-state index contributed by atoms with van der Waals surface area (Å²) in [6, 6.07) is -0.563. The number of urea groups is 1. The van der Waals surface area contributed by atoms with Crippen molar-refractivity contribution in [2.75, 3.05) is 13.2 Å². The van der Waals surface area contributed by atoms with Crippen molar-refractivity contribution in [1.29, 1.82) is 0 Å². The highest BCUT2D eigenvalue weighted by Gasteiger charge is 2.60. The van der Waals surface area contributed by atoms with E-state index in [9.17, 15) is 14.4 Å². The number of alkyl halides is 1. The van der Waals surface area contributed by atoms with E-state index in [1.807, 2.05) is 6.92 Å². The summed E-state index contributed by atoms with van der Waals surface area (Å²) in [6.45, 7) is 1.98. The van der Waals surface area contributed by atoms with E-state index in [4.69, 9.17) is 16.3 Å². The van der Waals surface area contributed by atoms with Gasteiger partial charge in [-0.25, -0.2) is 4.79 Å². The third kappa shape index (κ3) is 3.53. The Balaban J connectivity index is 1.52. The summed E-state index contributed by atoms with van der Waals surface area (Å²) in [7, 11) is 0. The Labute approximate surface area is 147 Å². The second-order valence-corrected chi connectivity index (χ2v) is 8.57. The monoisotopic (exact) mass is 356 g/mol. The topological polar surface area (TPSA) is 84.5 Å². The third-order valence-electron chi connectivity index (χ3n) is 5.55. The van der Waals surface area contributed by atoms with Gasteiger partial charge in [-0.3, -0.25) is 14.9 Å². The SMILES string of the molecule is CCCNC(=O)NC(=O)COC(=O)C12C[C@@H]3C[C@H](CC(Cl)(C3)C1)C2. The van der Waals surface area contributed by atoms with Crippen LogP contribution in [0.5, 0.6) is 0 Å². The van der Waals surface area contributed by atoms with Gasteiger partial charge in [-0.1, -0.05) is 6.92 Å². The van der Waals surface area contributed by atoms with Gasteiger partial charge in [-0.2, -0.15) is 0 Å². The normalized spacial score (nSPS) is 36.2. The van der Waals surface area contributed by atoms with Crippen LogP contribution >= 0.6 is 11.6 Å². The molecule has 0 saturated heterocycles. The molecule has 0 unspecified atom stereocenters. The molecule has 0 heterocycles. The molecule has 134 valence electrons. The fraction of sp³-hybridized carbons (Fsp3) is 0.824. The lowest BCUT2D eigenvalue weighted by Gasteiger charge is -2.58. The van der Waals surface area contributed by atoms with E-state index in [0.717, 1.165) is 38.5 Å². The average Bonchev–Trinajstić information content (AvgIpc) is 2.48. The molecule has 4 fully saturated rings. The summed E-state index contributed by atoms with van der Waals surface area (Å²) in [5.41, 5.74) is -0.531. The summed E-state index contributed by atoms with van der Waals surface area (Å²) in [6.07, 6.45) is 6.18. The minimum atomic E-state index is -0.609. The Morgan fingerprint density at radius 3 is 2.42 bits per heavy atom. The van der Waals surface area contributed by atoms with Crippen LogP contribution in [0.4, 0.5) is 4.79 Å². The van der Waals surface area contributed by atoms with Gasteiger partial charge in [0.2, 0.25) is 0 Å². The number of nitrogens with one attached hydrogen (secondary N) is 2. The van der Waals surface area contributed by atoms with Gasteiger partial charge in [-0.15, -0.1) is 11.6 Å². The lowest BCUT2D eigenvalue weighted by atomic mass is 9.49. The molecule has 0 aliphatic heterocycles. The van der Waals surface area contributed by atoms with Crippen molar-refractivity contribution in [2.24, 2.45) is 17.3 Å². The van der Waals surface area contributed by atoms with E-state index in [1.54, 1.807) is 0 Å². The van der Waals surface area contributed by atoms with Gasteiger partial charge in [0, 0.05) is 11.4 Å². The molecule has 0 aromatic carbocycles. The maximum Gasteiger partial charge on any atom is 0.321 e. The number of carbonyl (C=O) groups is 3. The van der Waals surface area contributed by atoms with Crippen LogP contribution in [0, 0.1) is 17.3 Å². The second-order valence-electron chi connectivity index (χ2n) is 7.77. The lowest BCUT2D eigenvalue weighted by Crippen LogP contribution is -2.56. The zero-order valence-corrected chi connectivity index (χ0v) is 14.8. The van der Waals surface area contributed by atoms with Crippen molar-refractivity contribution in [1.82, 2.24) is 10.6 Å². The first-order valence-corrected chi connectivity index (χ1v) is 9.16. The predicted octanol–water partition coefficient (Wildman–Crippen LogP) is 2.34. The fourth-order valence-electron chi connectivity index (χ4n) is 5.12. The van der Waals surface area contributed by atoms with Crippen molar-refractivity contribution in [3.63, 3.8) is 0 Å². The molecular weight excluding hydrogens is 332 g/mol. The van der Waals surface area contributed by atoms with Crippen molar-refractivity contribution >= 4 is 29.5 Å². The number of imide groups is 1. The van der Waals surface area contributed by atoms with E-state index in [1.165, 1.54) is 0 Å². The molecule has 3 amide bonds. The highest BCUT2D eigenvalue weighted by molar-refractivity contribution is 6.24. The van der Waals surface area contributed by atoms with Gasteiger partial charge in [0.05, 0.1) is 5.41 Å². The molecule has 7 heteroatoms. The Morgan fingerprint density at radius 2 is 1.83 bits per heavy atom. The maximum atomic E-state index is 12.6. The van der Waals surface area contributed by atoms with Crippen LogP contribution in [0.2, 0.25) is 0 Å².